The lowest BCUT2D eigenvalue weighted by Gasteiger charge is -2.20. The number of hydrogen-bond donors (Lipinski definition) is 2. The summed E-state index contributed by atoms with van der Waals surface area (Å²) in [6.07, 6.45) is 0. The van der Waals surface area contributed by atoms with E-state index < -0.39 is 25.1 Å². The predicted molar refractivity (Wildman–Crippen MR) is 117 cm³/mol. The van der Waals surface area contributed by atoms with Crippen LogP contribution in [0.25, 0.3) is 10.6 Å². The largest absolute Gasteiger partial charge is 0.477 e. The van der Waals surface area contributed by atoms with Crippen molar-refractivity contribution in [2.45, 2.75) is 26.7 Å². The van der Waals surface area contributed by atoms with Crippen LogP contribution in [0.1, 0.15) is 33.4 Å². The van der Waals surface area contributed by atoms with Gasteiger partial charge in [0.25, 0.3) is 5.92 Å². The van der Waals surface area contributed by atoms with Gasteiger partial charge >= 0.3 is 13.5 Å². The second kappa shape index (κ2) is 8.18. The van der Waals surface area contributed by atoms with Gasteiger partial charge in [-0.15, -0.1) is 11.3 Å². The SMILES string of the molecule is COP(=O)(Nc1cc(-c2cc(C(C)(F)F)nn2C)sc1C(=O)O)c1ccc(C)cc1C. The van der Waals surface area contributed by atoms with E-state index in [1.807, 2.05) is 13.0 Å². The number of nitrogens with one attached hydrogen (secondary N) is 1. The molecule has 3 rings (SSSR count). The summed E-state index contributed by atoms with van der Waals surface area (Å²) < 4.78 is 47.5. The molecule has 0 radical (unpaired) electrons. The molecule has 0 saturated heterocycles. The Balaban J connectivity index is 2.08. The number of nitrogens with zero attached hydrogens (tertiary/aromatic N) is 2. The summed E-state index contributed by atoms with van der Waals surface area (Å²) in [4.78, 5) is 12.1. The number of aromatic nitrogens is 2. The molecule has 0 saturated carbocycles. The van der Waals surface area contributed by atoms with Crippen molar-refractivity contribution in [1.82, 2.24) is 9.78 Å². The molecule has 0 aliphatic rings. The van der Waals surface area contributed by atoms with Gasteiger partial charge in [-0.05, 0) is 37.6 Å². The number of carbonyl (C=O) groups is 1. The van der Waals surface area contributed by atoms with Gasteiger partial charge in [0.15, 0.2) is 0 Å². The highest BCUT2D eigenvalue weighted by atomic mass is 32.1. The fourth-order valence-electron chi connectivity index (χ4n) is 3.17. The zero-order valence-electron chi connectivity index (χ0n) is 17.6. The Morgan fingerprint density at radius 1 is 1.29 bits per heavy atom. The number of carboxylic acid groups (broad SMARTS) is 1. The van der Waals surface area contributed by atoms with Gasteiger partial charge in [-0.3, -0.25) is 9.25 Å². The molecule has 0 spiro atoms. The number of thiophene rings is 1. The van der Waals surface area contributed by atoms with Crippen LogP contribution in [0.3, 0.4) is 0 Å². The number of rotatable bonds is 7. The smallest absolute Gasteiger partial charge is 0.348 e. The van der Waals surface area contributed by atoms with Crippen molar-refractivity contribution in [3.05, 3.63) is 52.0 Å². The molecule has 1 atom stereocenters. The van der Waals surface area contributed by atoms with E-state index in [1.54, 1.807) is 19.1 Å². The first-order valence-electron chi connectivity index (χ1n) is 9.17. The molecule has 1 aromatic carbocycles. The van der Waals surface area contributed by atoms with E-state index in [0.717, 1.165) is 29.4 Å². The van der Waals surface area contributed by atoms with Crippen LogP contribution in [-0.4, -0.2) is 28.0 Å². The molecule has 0 aliphatic carbocycles. The summed E-state index contributed by atoms with van der Waals surface area (Å²) >= 11 is 0.867. The third-order valence-corrected chi connectivity index (χ3v) is 8.03. The normalized spacial score (nSPS) is 13.8. The minimum Gasteiger partial charge on any atom is -0.477 e. The Morgan fingerprint density at radius 3 is 2.48 bits per heavy atom. The Labute approximate surface area is 182 Å². The van der Waals surface area contributed by atoms with Gasteiger partial charge in [0.1, 0.15) is 10.6 Å². The molecule has 2 heterocycles. The van der Waals surface area contributed by atoms with Gasteiger partial charge in [0.05, 0.1) is 21.6 Å². The second-order valence-corrected chi connectivity index (χ2v) is 10.4. The lowest BCUT2D eigenvalue weighted by atomic mass is 10.2. The quantitative estimate of drug-likeness (QED) is 0.465. The summed E-state index contributed by atoms with van der Waals surface area (Å²) in [7, 11) is -0.890. The summed E-state index contributed by atoms with van der Waals surface area (Å²) in [6, 6.07) is 7.97. The minimum absolute atomic E-state index is 0.0728. The van der Waals surface area contributed by atoms with Crippen LogP contribution >= 0.6 is 18.9 Å². The molecule has 2 N–H and O–H groups in total. The van der Waals surface area contributed by atoms with E-state index in [1.165, 1.54) is 31.0 Å². The third kappa shape index (κ3) is 4.56. The van der Waals surface area contributed by atoms with Gasteiger partial charge in [-0.2, -0.15) is 13.9 Å². The van der Waals surface area contributed by atoms with Crippen molar-refractivity contribution in [3.8, 4) is 10.6 Å². The second-order valence-electron chi connectivity index (χ2n) is 7.22. The van der Waals surface area contributed by atoms with E-state index >= 15 is 0 Å². The fourth-order valence-corrected chi connectivity index (χ4v) is 5.95. The van der Waals surface area contributed by atoms with E-state index in [9.17, 15) is 23.2 Å². The number of halogens is 2. The molecule has 0 bridgehead atoms. The first-order chi connectivity index (χ1) is 14.4. The van der Waals surface area contributed by atoms with Crippen LogP contribution in [0.2, 0.25) is 0 Å². The Kier molecular flexibility index (Phi) is 6.10. The van der Waals surface area contributed by atoms with Gasteiger partial charge in [0.2, 0.25) is 0 Å². The molecule has 3 aromatic rings. The van der Waals surface area contributed by atoms with E-state index in [-0.39, 0.29) is 10.6 Å². The zero-order chi connectivity index (χ0) is 23.1. The number of carboxylic acids is 1. The van der Waals surface area contributed by atoms with Crippen molar-refractivity contribution < 1.29 is 27.8 Å². The number of anilines is 1. The van der Waals surface area contributed by atoms with Crippen LogP contribution < -0.4 is 10.4 Å². The molecule has 11 heteroatoms. The van der Waals surface area contributed by atoms with Crippen molar-refractivity contribution in [3.63, 3.8) is 0 Å². The average molecular weight is 469 g/mol. The van der Waals surface area contributed by atoms with Crippen LogP contribution in [0, 0.1) is 13.8 Å². The summed E-state index contributed by atoms with van der Waals surface area (Å²) in [5.41, 5.74) is 1.67. The van der Waals surface area contributed by atoms with E-state index in [4.69, 9.17) is 4.52 Å². The van der Waals surface area contributed by atoms with Gasteiger partial charge in [-0.1, -0.05) is 17.7 Å². The van der Waals surface area contributed by atoms with Crippen LogP contribution in [0.4, 0.5) is 14.5 Å². The van der Waals surface area contributed by atoms with E-state index in [0.29, 0.717) is 15.9 Å². The number of alkyl halides is 2. The first-order valence-corrected chi connectivity index (χ1v) is 11.6. The average Bonchev–Trinajstić information content (AvgIpc) is 3.24. The Morgan fingerprint density at radius 2 is 1.97 bits per heavy atom. The minimum atomic E-state index is -3.66. The molecule has 0 amide bonds. The van der Waals surface area contributed by atoms with Crippen molar-refractivity contribution in [1.29, 1.82) is 0 Å². The molecular weight excluding hydrogens is 447 g/mol. The van der Waals surface area contributed by atoms with Crippen LogP contribution in [0.15, 0.2) is 30.3 Å². The van der Waals surface area contributed by atoms with Crippen LogP contribution in [-0.2, 0) is 22.1 Å². The summed E-state index contributed by atoms with van der Waals surface area (Å²) in [5.74, 6) is -4.39. The standard InChI is InChI=1S/C20H22F2N3O4PS/c1-11-6-7-15(12(2)8-11)30(28,29-5)24-13-9-16(31-18(13)19(26)27)14-10-17(20(3,21)22)23-25(14)4/h6-10H,1-5H3,(H,24,28)(H,26,27). The molecular formula is C20H22F2N3O4PS. The van der Waals surface area contributed by atoms with Gasteiger partial charge in [0, 0.05) is 21.1 Å². The topological polar surface area (TPSA) is 93.5 Å². The number of aromatic carboxylic acids is 1. The number of hydrogen-bond acceptors (Lipinski definition) is 5. The predicted octanol–water partition coefficient (Wildman–Crippen LogP) is 5.15. The third-order valence-electron chi connectivity index (χ3n) is 4.70. The molecule has 2 aromatic heterocycles. The molecule has 1 unspecified atom stereocenters. The summed E-state index contributed by atoms with van der Waals surface area (Å²) in [5, 5.41) is 16.7. The van der Waals surface area contributed by atoms with Crippen LogP contribution in [0.5, 0.6) is 0 Å². The Hall–Kier alpha value is -2.55. The molecule has 0 fully saturated rings. The molecule has 31 heavy (non-hydrogen) atoms. The number of aryl methyl sites for hydroxylation is 3. The highest BCUT2D eigenvalue weighted by Crippen LogP contribution is 2.49. The molecule has 166 valence electrons. The maximum Gasteiger partial charge on any atom is 0.348 e. The number of benzene rings is 1. The molecule has 0 aliphatic heterocycles. The fraction of sp³-hybridized carbons (Fsp3) is 0.300. The molecule has 7 nitrogen and oxygen atoms in total. The maximum atomic E-state index is 13.7. The maximum absolute atomic E-state index is 13.7. The first kappa shape index (κ1) is 23.1. The van der Waals surface area contributed by atoms with Crippen molar-refractivity contribution in [2.75, 3.05) is 12.2 Å². The lowest BCUT2D eigenvalue weighted by molar-refractivity contribution is 0.0122. The van der Waals surface area contributed by atoms with Gasteiger partial charge < -0.3 is 14.7 Å². The van der Waals surface area contributed by atoms with Crippen molar-refractivity contribution in [2.24, 2.45) is 7.05 Å². The monoisotopic (exact) mass is 469 g/mol. The highest BCUT2D eigenvalue weighted by molar-refractivity contribution is 7.68. The van der Waals surface area contributed by atoms with Gasteiger partial charge in [-0.25, -0.2) is 4.79 Å². The summed E-state index contributed by atoms with van der Waals surface area (Å²) in [6.45, 7) is 4.43. The Bertz CT molecular complexity index is 1200. The lowest BCUT2D eigenvalue weighted by Crippen LogP contribution is -2.17. The zero-order valence-corrected chi connectivity index (χ0v) is 19.3. The highest BCUT2D eigenvalue weighted by Gasteiger charge is 2.32. The van der Waals surface area contributed by atoms with Crippen molar-refractivity contribution >= 4 is 35.8 Å². The van der Waals surface area contributed by atoms with E-state index in [2.05, 4.69) is 10.2 Å².